The summed E-state index contributed by atoms with van der Waals surface area (Å²) in [6, 6.07) is 4.48. The molecular formula is C12H12F2N4O2S. The van der Waals surface area contributed by atoms with E-state index in [0.29, 0.717) is 16.2 Å². The van der Waals surface area contributed by atoms with E-state index in [0.717, 1.165) is 0 Å². The number of rotatable bonds is 5. The topological polar surface area (TPSA) is 64.4 Å². The van der Waals surface area contributed by atoms with Crippen LogP contribution in [0.5, 0.6) is 11.5 Å². The van der Waals surface area contributed by atoms with Gasteiger partial charge in [0, 0.05) is 0 Å². The summed E-state index contributed by atoms with van der Waals surface area (Å²) in [5, 5.41) is 10.7. The molecule has 2 aromatic rings. The van der Waals surface area contributed by atoms with Crippen LogP contribution in [0.15, 0.2) is 23.3 Å². The molecule has 1 aromatic heterocycles. The van der Waals surface area contributed by atoms with Crippen LogP contribution >= 0.6 is 12.2 Å². The molecule has 112 valence electrons. The Kier molecular flexibility index (Phi) is 4.63. The lowest BCUT2D eigenvalue weighted by atomic mass is 10.2. The van der Waals surface area contributed by atoms with Crippen LogP contribution in [0.3, 0.4) is 0 Å². The summed E-state index contributed by atoms with van der Waals surface area (Å²) in [5.41, 5.74) is 0.635. The molecule has 0 fully saturated rings. The minimum Gasteiger partial charge on any atom is -0.493 e. The highest BCUT2D eigenvalue weighted by Gasteiger charge is 2.10. The van der Waals surface area contributed by atoms with E-state index in [-0.39, 0.29) is 11.5 Å². The summed E-state index contributed by atoms with van der Waals surface area (Å²) >= 11 is 5.01. The Morgan fingerprint density at radius 2 is 2.19 bits per heavy atom. The lowest BCUT2D eigenvalue weighted by molar-refractivity contribution is -0.0512. The van der Waals surface area contributed by atoms with Gasteiger partial charge >= 0.3 is 6.61 Å². The van der Waals surface area contributed by atoms with Gasteiger partial charge in [0.2, 0.25) is 4.77 Å². The van der Waals surface area contributed by atoms with Crippen LogP contribution < -0.4 is 9.47 Å². The van der Waals surface area contributed by atoms with E-state index in [1.54, 1.807) is 13.0 Å². The quantitative estimate of drug-likeness (QED) is 0.681. The third-order valence-corrected chi connectivity index (χ3v) is 2.80. The number of nitrogens with one attached hydrogen (secondary N) is 1. The summed E-state index contributed by atoms with van der Waals surface area (Å²) in [5.74, 6) is 0.744. The Balaban J connectivity index is 2.27. The minimum atomic E-state index is -2.91. The van der Waals surface area contributed by atoms with Gasteiger partial charge in [-0.2, -0.15) is 23.7 Å². The first kappa shape index (κ1) is 15.1. The fraction of sp³-hybridized carbons (Fsp3) is 0.250. The van der Waals surface area contributed by atoms with E-state index >= 15 is 0 Å². The van der Waals surface area contributed by atoms with Crippen LogP contribution in [-0.4, -0.2) is 34.8 Å². The highest BCUT2D eigenvalue weighted by molar-refractivity contribution is 7.71. The Bertz CT molecular complexity index is 712. The number of halogens is 2. The number of hydrogen-bond donors (Lipinski definition) is 1. The number of aromatic amines is 1. The summed E-state index contributed by atoms with van der Waals surface area (Å²) < 4.78 is 35.6. The summed E-state index contributed by atoms with van der Waals surface area (Å²) in [6.07, 6.45) is 1.51. The Labute approximate surface area is 124 Å². The van der Waals surface area contributed by atoms with Crippen LogP contribution in [0.25, 0.3) is 0 Å². The lowest BCUT2D eigenvalue weighted by Crippen LogP contribution is -2.03. The minimum absolute atomic E-state index is 0.0410. The molecule has 0 saturated carbocycles. The highest BCUT2D eigenvalue weighted by Crippen LogP contribution is 2.28. The Hall–Kier alpha value is -2.29. The van der Waals surface area contributed by atoms with Crippen molar-refractivity contribution in [2.45, 2.75) is 13.5 Å². The molecule has 1 aromatic carbocycles. The number of ether oxygens (including phenoxy) is 2. The van der Waals surface area contributed by atoms with Crippen molar-refractivity contribution in [1.29, 1.82) is 0 Å². The van der Waals surface area contributed by atoms with Crippen LogP contribution in [0.1, 0.15) is 11.4 Å². The molecule has 1 heterocycles. The standard InChI is InChI=1S/C12H12F2N4O2S/c1-7-16-17-12(21)18(7)15-6-8-3-4-9(20-11(13)14)10(5-8)19-2/h3-6,11H,1-2H3,(H,17,21)/b15-6+. The molecule has 0 saturated heterocycles. The van der Waals surface area contributed by atoms with Gasteiger partial charge in [-0.15, -0.1) is 0 Å². The van der Waals surface area contributed by atoms with Gasteiger partial charge in [0.1, 0.15) is 5.82 Å². The summed E-state index contributed by atoms with van der Waals surface area (Å²) in [4.78, 5) is 0. The Morgan fingerprint density at radius 3 is 2.76 bits per heavy atom. The number of aryl methyl sites for hydroxylation is 1. The molecule has 0 aliphatic heterocycles. The second-order valence-electron chi connectivity index (χ2n) is 3.92. The van der Waals surface area contributed by atoms with Crippen LogP contribution in [0.2, 0.25) is 0 Å². The molecular weight excluding hydrogens is 302 g/mol. The molecule has 0 unspecified atom stereocenters. The normalized spacial score (nSPS) is 11.3. The van der Waals surface area contributed by atoms with E-state index in [4.69, 9.17) is 17.0 Å². The van der Waals surface area contributed by atoms with Crippen LogP contribution in [-0.2, 0) is 0 Å². The molecule has 0 radical (unpaired) electrons. The molecule has 0 spiro atoms. The fourth-order valence-corrected chi connectivity index (χ4v) is 1.81. The van der Waals surface area contributed by atoms with E-state index < -0.39 is 6.61 Å². The first-order chi connectivity index (χ1) is 10.0. The zero-order valence-electron chi connectivity index (χ0n) is 11.2. The molecule has 6 nitrogen and oxygen atoms in total. The predicted molar refractivity (Wildman–Crippen MR) is 74.8 cm³/mol. The number of alkyl halides is 2. The number of nitrogens with zero attached hydrogens (tertiary/aromatic N) is 3. The zero-order chi connectivity index (χ0) is 15.4. The molecule has 0 aliphatic carbocycles. The van der Waals surface area contributed by atoms with Gasteiger partial charge in [-0.25, -0.2) is 0 Å². The maximum Gasteiger partial charge on any atom is 0.387 e. The molecule has 21 heavy (non-hydrogen) atoms. The average molecular weight is 314 g/mol. The summed E-state index contributed by atoms with van der Waals surface area (Å²) in [6.45, 7) is -1.17. The molecule has 9 heteroatoms. The van der Waals surface area contributed by atoms with Gasteiger partial charge in [0.25, 0.3) is 0 Å². The zero-order valence-corrected chi connectivity index (χ0v) is 12.0. The predicted octanol–water partition coefficient (Wildman–Crippen LogP) is 2.74. The van der Waals surface area contributed by atoms with Crippen molar-refractivity contribution < 1.29 is 18.3 Å². The van der Waals surface area contributed by atoms with E-state index in [1.807, 2.05) is 0 Å². The van der Waals surface area contributed by atoms with Gasteiger partial charge in [-0.3, -0.25) is 5.10 Å². The average Bonchev–Trinajstić information content (AvgIpc) is 2.76. The van der Waals surface area contributed by atoms with Gasteiger partial charge in [-0.05, 0) is 42.9 Å². The van der Waals surface area contributed by atoms with Crippen LogP contribution in [0.4, 0.5) is 8.78 Å². The van der Waals surface area contributed by atoms with E-state index in [9.17, 15) is 8.78 Å². The number of H-pyrrole nitrogens is 1. The summed E-state index contributed by atoms with van der Waals surface area (Å²) in [7, 11) is 1.37. The number of aromatic nitrogens is 3. The Morgan fingerprint density at radius 1 is 1.43 bits per heavy atom. The van der Waals surface area contributed by atoms with E-state index in [2.05, 4.69) is 20.0 Å². The lowest BCUT2D eigenvalue weighted by Gasteiger charge is -2.09. The first-order valence-electron chi connectivity index (χ1n) is 5.82. The van der Waals surface area contributed by atoms with Gasteiger partial charge < -0.3 is 9.47 Å². The molecule has 0 atom stereocenters. The third-order valence-electron chi connectivity index (χ3n) is 2.54. The van der Waals surface area contributed by atoms with Crippen molar-refractivity contribution >= 4 is 18.4 Å². The van der Waals surface area contributed by atoms with Crippen molar-refractivity contribution in [3.8, 4) is 11.5 Å². The molecule has 0 bridgehead atoms. The van der Waals surface area contributed by atoms with Crippen LogP contribution in [0, 0.1) is 11.7 Å². The van der Waals surface area contributed by atoms with Gasteiger partial charge in [0.05, 0.1) is 13.3 Å². The van der Waals surface area contributed by atoms with Crippen molar-refractivity contribution in [1.82, 2.24) is 14.9 Å². The largest absolute Gasteiger partial charge is 0.493 e. The first-order valence-corrected chi connectivity index (χ1v) is 6.23. The molecule has 0 aliphatic rings. The van der Waals surface area contributed by atoms with Crippen molar-refractivity contribution in [2.24, 2.45) is 5.10 Å². The maximum absolute atomic E-state index is 12.2. The fourth-order valence-electron chi connectivity index (χ4n) is 1.59. The van der Waals surface area contributed by atoms with Crippen molar-refractivity contribution in [3.63, 3.8) is 0 Å². The SMILES string of the molecule is COc1cc(/C=N/n2c(C)n[nH]c2=S)ccc1OC(F)F. The second kappa shape index (κ2) is 6.44. The second-order valence-corrected chi connectivity index (χ2v) is 4.31. The number of hydrogen-bond acceptors (Lipinski definition) is 5. The van der Waals surface area contributed by atoms with Crippen molar-refractivity contribution in [3.05, 3.63) is 34.4 Å². The van der Waals surface area contributed by atoms with E-state index in [1.165, 1.54) is 30.1 Å². The molecule has 0 amide bonds. The number of methoxy groups -OCH3 is 1. The smallest absolute Gasteiger partial charge is 0.387 e. The maximum atomic E-state index is 12.2. The van der Waals surface area contributed by atoms with Crippen molar-refractivity contribution in [2.75, 3.05) is 7.11 Å². The molecule has 1 N–H and O–H groups in total. The number of benzene rings is 1. The monoisotopic (exact) mass is 314 g/mol. The molecule has 2 rings (SSSR count). The van der Waals surface area contributed by atoms with Gasteiger partial charge in [-0.1, -0.05) is 0 Å². The highest BCUT2D eigenvalue weighted by atomic mass is 32.1. The third kappa shape index (κ3) is 3.63. The van der Waals surface area contributed by atoms with Gasteiger partial charge in [0.15, 0.2) is 11.5 Å².